The highest BCUT2D eigenvalue weighted by Crippen LogP contribution is 2.24. The normalized spacial score (nSPS) is 17.7. The largest absolute Gasteiger partial charge is 0.497 e. The van der Waals surface area contributed by atoms with Gasteiger partial charge in [0, 0.05) is 49.8 Å². The summed E-state index contributed by atoms with van der Waals surface area (Å²) in [7, 11) is 3.92. The summed E-state index contributed by atoms with van der Waals surface area (Å²) in [6, 6.07) is 6.22. The van der Waals surface area contributed by atoms with Crippen LogP contribution in [-0.4, -0.2) is 61.7 Å². The van der Waals surface area contributed by atoms with Crippen LogP contribution in [0.4, 0.5) is 0 Å². The van der Waals surface area contributed by atoms with Gasteiger partial charge in [-0.3, -0.25) is 0 Å². The van der Waals surface area contributed by atoms with Gasteiger partial charge in [0.1, 0.15) is 5.75 Å². The number of methoxy groups -OCH3 is 1. The van der Waals surface area contributed by atoms with E-state index in [-0.39, 0.29) is 0 Å². The third-order valence-electron chi connectivity index (χ3n) is 4.27. The van der Waals surface area contributed by atoms with E-state index in [0.29, 0.717) is 0 Å². The maximum Gasteiger partial charge on any atom is 0.119 e. The van der Waals surface area contributed by atoms with E-state index in [1.54, 1.807) is 7.11 Å². The molecule has 0 spiro atoms. The Hall–Kier alpha value is -1.52. The molecule has 4 heteroatoms. The second-order valence-electron chi connectivity index (χ2n) is 5.62. The smallest absolute Gasteiger partial charge is 0.119 e. The fourth-order valence-electron chi connectivity index (χ4n) is 2.84. The molecule has 0 atom stereocenters. The van der Waals surface area contributed by atoms with Crippen molar-refractivity contribution in [2.24, 2.45) is 0 Å². The molecule has 0 bridgehead atoms. The molecule has 1 saturated heterocycles. The first-order valence-corrected chi connectivity index (χ1v) is 7.31. The van der Waals surface area contributed by atoms with Crippen LogP contribution in [0.5, 0.6) is 5.75 Å². The zero-order valence-electron chi connectivity index (χ0n) is 12.4. The van der Waals surface area contributed by atoms with Crippen molar-refractivity contribution in [1.29, 1.82) is 0 Å². The molecule has 20 heavy (non-hydrogen) atoms. The number of piperazine rings is 1. The summed E-state index contributed by atoms with van der Waals surface area (Å²) in [5, 5.41) is 1.29. The SMILES string of the molecule is COc1ccc2[nH]cc(CCN3CCN(C)CC3)c2c1. The lowest BCUT2D eigenvalue weighted by Gasteiger charge is -2.32. The topological polar surface area (TPSA) is 31.5 Å². The van der Waals surface area contributed by atoms with Crippen molar-refractivity contribution in [2.75, 3.05) is 46.9 Å². The number of rotatable bonds is 4. The molecular formula is C16H23N3O. The molecule has 0 aliphatic carbocycles. The third kappa shape index (κ3) is 2.81. The van der Waals surface area contributed by atoms with Crippen LogP contribution in [0.2, 0.25) is 0 Å². The fourth-order valence-corrected chi connectivity index (χ4v) is 2.84. The Bertz CT molecular complexity index is 570. The fraction of sp³-hybridized carbons (Fsp3) is 0.500. The minimum absolute atomic E-state index is 0.929. The van der Waals surface area contributed by atoms with Gasteiger partial charge in [0.2, 0.25) is 0 Å². The average molecular weight is 273 g/mol. The highest BCUT2D eigenvalue weighted by Gasteiger charge is 2.14. The summed E-state index contributed by atoms with van der Waals surface area (Å²) in [5.41, 5.74) is 2.58. The van der Waals surface area contributed by atoms with Gasteiger partial charge in [0.25, 0.3) is 0 Å². The van der Waals surface area contributed by atoms with E-state index in [4.69, 9.17) is 4.74 Å². The second-order valence-corrected chi connectivity index (χ2v) is 5.62. The monoisotopic (exact) mass is 273 g/mol. The molecule has 2 aromatic rings. The first kappa shape index (κ1) is 13.5. The van der Waals surface area contributed by atoms with Crippen LogP contribution in [0.1, 0.15) is 5.56 Å². The maximum atomic E-state index is 5.32. The minimum atomic E-state index is 0.929. The number of fused-ring (bicyclic) bond motifs is 1. The summed E-state index contributed by atoms with van der Waals surface area (Å²) in [6.45, 7) is 5.87. The highest BCUT2D eigenvalue weighted by molar-refractivity contribution is 5.84. The number of H-pyrrole nitrogens is 1. The average Bonchev–Trinajstić information content (AvgIpc) is 2.89. The standard InChI is InChI=1S/C16H23N3O/c1-18-7-9-19(10-8-18)6-5-13-12-17-16-4-3-14(20-2)11-15(13)16/h3-4,11-12,17H,5-10H2,1-2H3. The Morgan fingerprint density at radius 2 is 2.00 bits per heavy atom. The zero-order valence-corrected chi connectivity index (χ0v) is 12.4. The lowest BCUT2D eigenvalue weighted by Crippen LogP contribution is -2.45. The molecular weight excluding hydrogens is 250 g/mol. The summed E-state index contributed by atoms with van der Waals surface area (Å²) in [4.78, 5) is 8.30. The molecule has 1 aliphatic rings. The van der Waals surface area contributed by atoms with Crippen molar-refractivity contribution in [3.63, 3.8) is 0 Å². The van der Waals surface area contributed by atoms with Crippen LogP contribution in [-0.2, 0) is 6.42 Å². The van der Waals surface area contributed by atoms with Gasteiger partial charge in [-0.15, -0.1) is 0 Å². The van der Waals surface area contributed by atoms with E-state index < -0.39 is 0 Å². The van der Waals surface area contributed by atoms with Gasteiger partial charge in [0.15, 0.2) is 0 Å². The van der Waals surface area contributed by atoms with E-state index in [9.17, 15) is 0 Å². The minimum Gasteiger partial charge on any atom is -0.497 e. The molecule has 1 aromatic heterocycles. The molecule has 0 saturated carbocycles. The molecule has 1 aromatic carbocycles. The molecule has 0 unspecified atom stereocenters. The van der Waals surface area contributed by atoms with Gasteiger partial charge in [-0.05, 0) is 37.2 Å². The van der Waals surface area contributed by atoms with E-state index in [0.717, 1.165) is 18.7 Å². The highest BCUT2D eigenvalue weighted by atomic mass is 16.5. The Balaban J connectivity index is 1.68. The van der Waals surface area contributed by atoms with Gasteiger partial charge in [-0.25, -0.2) is 0 Å². The number of ether oxygens (including phenoxy) is 1. The number of hydrogen-bond acceptors (Lipinski definition) is 3. The van der Waals surface area contributed by atoms with Crippen molar-refractivity contribution in [2.45, 2.75) is 6.42 Å². The second kappa shape index (κ2) is 5.85. The first-order valence-electron chi connectivity index (χ1n) is 7.31. The number of aromatic amines is 1. The van der Waals surface area contributed by atoms with Gasteiger partial charge in [-0.1, -0.05) is 0 Å². The van der Waals surface area contributed by atoms with E-state index in [1.807, 2.05) is 6.07 Å². The van der Waals surface area contributed by atoms with Crippen molar-refractivity contribution < 1.29 is 4.74 Å². The number of nitrogens with zero attached hydrogens (tertiary/aromatic N) is 2. The van der Waals surface area contributed by atoms with E-state index in [1.165, 1.54) is 42.6 Å². The van der Waals surface area contributed by atoms with Gasteiger partial charge < -0.3 is 19.5 Å². The quantitative estimate of drug-likeness (QED) is 0.924. The zero-order chi connectivity index (χ0) is 13.9. The van der Waals surface area contributed by atoms with Crippen molar-refractivity contribution in [3.05, 3.63) is 30.0 Å². The lowest BCUT2D eigenvalue weighted by molar-refractivity contribution is 0.155. The predicted molar refractivity (Wildman–Crippen MR) is 82.5 cm³/mol. The van der Waals surface area contributed by atoms with Crippen LogP contribution in [0, 0.1) is 0 Å². The third-order valence-corrected chi connectivity index (χ3v) is 4.27. The van der Waals surface area contributed by atoms with Crippen LogP contribution in [0.25, 0.3) is 10.9 Å². The summed E-state index contributed by atoms with van der Waals surface area (Å²) in [5.74, 6) is 0.929. The van der Waals surface area contributed by atoms with Crippen LogP contribution >= 0.6 is 0 Å². The maximum absolute atomic E-state index is 5.32. The van der Waals surface area contributed by atoms with Crippen molar-refractivity contribution in [1.82, 2.24) is 14.8 Å². The summed E-state index contributed by atoms with van der Waals surface area (Å²) < 4.78 is 5.32. The lowest BCUT2D eigenvalue weighted by atomic mass is 10.1. The molecule has 1 N–H and O–H groups in total. The van der Waals surface area contributed by atoms with Gasteiger partial charge in [-0.2, -0.15) is 0 Å². The molecule has 1 aliphatic heterocycles. The summed E-state index contributed by atoms with van der Waals surface area (Å²) in [6.07, 6.45) is 3.23. The van der Waals surface area contributed by atoms with Gasteiger partial charge >= 0.3 is 0 Å². The molecule has 108 valence electrons. The van der Waals surface area contributed by atoms with Crippen LogP contribution in [0.3, 0.4) is 0 Å². The van der Waals surface area contributed by atoms with Crippen LogP contribution in [0.15, 0.2) is 24.4 Å². The Kier molecular flexibility index (Phi) is 3.94. The van der Waals surface area contributed by atoms with Crippen molar-refractivity contribution >= 4 is 10.9 Å². The number of hydrogen-bond donors (Lipinski definition) is 1. The molecule has 0 amide bonds. The van der Waals surface area contributed by atoms with E-state index >= 15 is 0 Å². The predicted octanol–water partition coefficient (Wildman–Crippen LogP) is 1.97. The Morgan fingerprint density at radius 1 is 1.20 bits per heavy atom. The molecule has 0 radical (unpaired) electrons. The van der Waals surface area contributed by atoms with E-state index in [2.05, 4.69) is 40.2 Å². The van der Waals surface area contributed by atoms with Gasteiger partial charge in [0.05, 0.1) is 7.11 Å². The number of likely N-dealkylation sites (N-methyl/N-ethyl adjacent to an activating group) is 1. The summed E-state index contributed by atoms with van der Waals surface area (Å²) >= 11 is 0. The molecule has 1 fully saturated rings. The molecule has 2 heterocycles. The molecule has 4 nitrogen and oxygen atoms in total. The molecule has 3 rings (SSSR count). The number of nitrogens with one attached hydrogen (secondary N) is 1. The van der Waals surface area contributed by atoms with Crippen molar-refractivity contribution in [3.8, 4) is 5.75 Å². The first-order chi connectivity index (χ1) is 9.76. The Labute approximate surface area is 120 Å². The Morgan fingerprint density at radius 3 is 2.75 bits per heavy atom. The number of benzene rings is 1. The van der Waals surface area contributed by atoms with Crippen LogP contribution < -0.4 is 4.74 Å². The number of aromatic nitrogens is 1.